The predicted octanol–water partition coefficient (Wildman–Crippen LogP) is 3.62. The Bertz CT molecular complexity index is 1160. The molecule has 0 bridgehead atoms. The molecule has 0 radical (unpaired) electrons. The highest BCUT2D eigenvalue weighted by molar-refractivity contribution is 6.51. The van der Waals surface area contributed by atoms with Crippen LogP contribution >= 0.6 is 0 Å². The third kappa shape index (κ3) is 3.20. The average molecular weight is 401 g/mol. The number of anilines is 1. The summed E-state index contributed by atoms with van der Waals surface area (Å²) in [5.74, 6) is -1.98. The summed E-state index contributed by atoms with van der Waals surface area (Å²) in [5.41, 5.74) is 0.980. The Kier molecular flexibility index (Phi) is 4.81. The van der Waals surface area contributed by atoms with Gasteiger partial charge in [-0.2, -0.15) is 0 Å². The molecule has 2 aromatic carbocycles. The highest BCUT2D eigenvalue weighted by Crippen LogP contribution is 2.42. The molecule has 1 saturated heterocycles. The molecule has 2 heterocycles. The first-order valence-corrected chi connectivity index (χ1v) is 9.00. The number of benzene rings is 2. The second kappa shape index (κ2) is 7.59. The van der Waals surface area contributed by atoms with Gasteiger partial charge < -0.3 is 5.11 Å². The van der Waals surface area contributed by atoms with Crippen LogP contribution in [0.15, 0.2) is 84.7 Å². The number of non-ortho nitro benzene ring substituents is 1. The third-order valence-corrected chi connectivity index (χ3v) is 4.84. The van der Waals surface area contributed by atoms with Gasteiger partial charge in [-0.05, 0) is 29.8 Å². The van der Waals surface area contributed by atoms with E-state index in [-0.39, 0.29) is 17.0 Å². The maximum Gasteiger partial charge on any atom is 0.300 e. The molecule has 8 heteroatoms. The number of nitrogens with zero attached hydrogens (tertiary/aromatic N) is 3. The number of nitro benzene ring substituents is 1. The predicted molar refractivity (Wildman–Crippen MR) is 109 cm³/mol. The van der Waals surface area contributed by atoms with Crippen molar-refractivity contribution >= 4 is 28.8 Å². The number of carbonyl (C=O) groups is 2. The molecule has 0 saturated carbocycles. The van der Waals surface area contributed by atoms with Gasteiger partial charge in [-0.25, -0.2) is 0 Å². The number of hydrogen-bond acceptors (Lipinski definition) is 6. The van der Waals surface area contributed by atoms with Crippen LogP contribution in [0.2, 0.25) is 0 Å². The van der Waals surface area contributed by atoms with Gasteiger partial charge in [0, 0.05) is 23.9 Å². The van der Waals surface area contributed by atoms with Crippen LogP contribution in [0.1, 0.15) is 17.2 Å². The van der Waals surface area contributed by atoms with E-state index in [4.69, 9.17) is 0 Å². The van der Waals surface area contributed by atoms with E-state index in [9.17, 15) is 24.8 Å². The zero-order chi connectivity index (χ0) is 21.3. The first-order valence-electron chi connectivity index (χ1n) is 9.00. The SMILES string of the molecule is O=C1C(=O)N(c2cccnc2)[C@H](c2ccc([N+](=O)[O-])cc2)C1=C(O)c1ccccc1. The number of rotatable bonds is 4. The fourth-order valence-corrected chi connectivity index (χ4v) is 3.44. The number of pyridine rings is 1. The standard InChI is InChI=1S/C22H15N3O5/c26-20(15-5-2-1-3-6-15)18-19(14-8-10-16(11-9-14)25(29)30)24(22(28)21(18)27)17-7-4-12-23-13-17/h1-13,19,26H/t19-/m1/s1. The molecule has 1 aliphatic rings. The van der Waals surface area contributed by atoms with Gasteiger partial charge in [0.2, 0.25) is 0 Å². The van der Waals surface area contributed by atoms with Crippen LogP contribution in [0.4, 0.5) is 11.4 Å². The molecule has 4 rings (SSSR count). The molecule has 1 fully saturated rings. The molecule has 0 spiro atoms. The van der Waals surface area contributed by atoms with Crippen LogP contribution < -0.4 is 4.90 Å². The Labute approximate surface area is 170 Å². The molecular formula is C22H15N3O5. The van der Waals surface area contributed by atoms with Gasteiger partial charge in [0.25, 0.3) is 17.4 Å². The fraction of sp³-hybridized carbons (Fsp3) is 0.0455. The lowest BCUT2D eigenvalue weighted by Gasteiger charge is -2.25. The third-order valence-electron chi connectivity index (χ3n) is 4.84. The Morgan fingerprint density at radius 3 is 2.30 bits per heavy atom. The van der Waals surface area contributed by atoms with E-state index in [1.807, 2.05) is 0 Å². The lowest BCUT2D eigenvalue weighted by molar-refractivity contribution is -0.384. The van der Waals surface area contributed by atoms with Crippen molar-refractivity contribution < 1.29 is 19.6 Å². The monoisotopic (exact) mass is 401 g/mol. The molecule has 8 nitrogen and oxygen atoms in total. The van der Waals surface area contributed by atoms with Crippen molar-refractivity contribution in [2.45, 2.75) is 6.04 Å². The zero-order valence-corrected chi connectivity index (χ0v) is 15.5. The van der Waals surface area contributed by atoms with Crippen LogP contribution in [0.3, 0.4) is 0 Å². The van der Waals surface area contributed by atoms with Gasteiger partial charge in [0.15, 0.2) is 0 Å². The minimum absolute atomic E-state index is 0.0936. The van der Waals surface area contributed by atoms with E-state index >= 15 is 0 Å². The smallest absolute Gasteiger partial charge is 0.300 e. The second-order valence-corrected chi connectivity index (χ2v) is 6.59. The van der Waals surface area contributed by atoms with Crippen molar-refractivity contribution in [1.29, 1.82) is 0 Å². The quantitative estimate of drug-likeness (QED) is 0.235. The largest absolute Gasteiger partial charge is 0.507 e. The minimum Gasteiger partial charge on any atom is -0.507 e. The normalized spacial score (nSPS) is 17.9. The van der Waals surface area contributed by atoms with E-state index in [0.717, 1.165) is 0 Å². The molecule has 0 aliphatic carbocycles. The van der Waals surface area contributed by atoms with E-state index in [2.05, 4.69) is 4.98 Å². The summed E-state index contributed by atoms with van der Waals surface area (Å²) in [6.07, 6.45) is 2.97. The molecule has 1 atom stereocenters. The second-order valence-electron chi connectivity index (χ2n) is 6.59. The van der Waals surface area contributed by atoms with Gasteiger partial charge >= 0.3 is 0 Å². The minimum atomic E-state index is -0.963. The fourth-order valence-electron chi connectivity index (χ4n) is 3.44. The van der Waals surface area contributed by atoms with Crippen LogP contribution in [-0.4, -0.2) is 26.7 Å². The van der Waals surface area contributed by atoms with E-state index in [1.165, 1.54) is 41.6 Å². The van der Waals surface area contributed by atoms with Crippen LogP contribution in [0.5, 0.6) is 0 Å². The van der Waals surface area contributed by atoms with E-state index in [0.29, 0.717) is 16.8 Å². The topological polar surface area (TPSA) is 114 Å². The first-order chi connectivity index (χ1) is 14.5. The summed E-state index contributed by atoms with van der Waals surface area (Å²) in [4.78, 5) is 41.6. The van der Waals surface area contributed by atoms with Crippen molar-refractivity contribution in [3.63, 3.8) is 0 Å². The number of aliphatic hydroxyl groups excluding tert-OH is 1. The summed E-state index contributed by atoms with van der Waals surface area (Å²) in [6, 6.07) is 16.2. The summed E-state index contributed by atoms with van der Waals surface area (Å²) in [6.45, 7) is 0. The van der Waals surface area contributed by atoms with Gasteiger partial charge in [0.05, 0.1) is 28.4 Å². The Morgan fingerprint density at radius 2 is 1.70 bits per heavy atom. The number of carbonyl (C=O) groups excluding carboxylic acids is 2. The first kappa shape index (κ1) is 19.0. The summed E-state index contributed by atoms with van der Waals surface area (Å²) >= 11 is 0. The average Bonchev–Trinajstić information content (AvgIpc) is 3.05. The highest BCUT2D eigenvalue weighted by Gasteiger charge is 2.47. The van der Waals surface area contributed by atoms with Crippen LogP contribution in [0, 0.1) is 10.1 Å². The number of nitro groups is 1. The van der Waals surface area contributed by atoms with Crippen molar-refractivity contribution in [2.24, 2.45) is 0 Å². The molecule has 1 amide bonds. The van der Waals surface area contributed by atoms with Crippen molar-refractivity contribution in [1.82, 2.24) is 4.98 Å². The van der Waals surface area contributed by atoms with E-state index in [1.54, 1.807) is 42.5 Å². The Balaban J connectivity index is 1.93. The molecule has 148 valence electrons. The number of amides is 1. The molecular weight excluding hydrogens is 386 g/mol. The summed E-state index contributed by atoms with van der Waals surface area (Å²) in [5, 5.41) is 21.9. The molecule has 3 aromatic rings. The molecule has 1 N–H and O–H groups in total. The number of ketones is 1. The van der Waals surface area contributed by atoms with Crippen molar-refractivity contribution in [3.05, 3.63) is 106 Å². The molecule has 0 unspecified atom stereocenters. The van der Waals surface area contributed by atoms with Gasteiger partial charge in [0.1, 0.15) is 5.76 Å². The lowest BCUT2D eigenvalue weighted by atomic mass is 9.95. The van der Waals surface area contributed by atoms with Gasteiger partial charge in [-0.3, -0.25) is 29.6 Å². The zero-order valence-electron chi connectivity index (χ0n) is 15.5. The Hall–Kier alpha value is -4.33. The molecule has 1 aliphatic heterocycles. The number of aliphatic hydroxyl groups is 1. The number of Topliss-reactive ketones (excluding diaryl/α,β-unsaturated/α-hetero) is 1. The van der Waals surface area contributed by atoms with Crippen molar-refractivity contribution in [2.75, 3.05) is 4.90 Å². The van der Waals surface area contributed by atoms with Crippen molar-refractivity contribution in [3.8, 4) is 0 Å². The summed E-state index contributed by atoms with van der Waals surface area (Å²) in [7, 11) is 0. The lowest BCUT2D eigenvalue weighted by Crippen LogP contribution is -2.29. The summed E-state index contributed by atoms with van der Waals surface area (Å²) < 4.78 is 0. The van der Waals surface area contributed by atoms with E-state index < -0.39 is 22.7 Å². The van der Waals surface area contributed by atoms with Gasteiger partial charge in [-0.1, -0.05) is 30.3 Å². The van der Waals surface area contributed by atoms with Crippen LogP contribution in [0.25, 0.3) is 5.76 Å². The maximum absolute atomic E-state index is 12.9. The number of aromatic nitrogens is 1. The molecule has 30 heavy (non-hydrogen) atoms. The highest BCUT2D eigenvalue weighted by atomic mass is 16.6. The Morgan fingerprint density at radius 1 is 1.00 bits per heavy atom. The van der Waals surface area contributed by atoms with Gasteiger partial charge in [-0.15, -0.1) is 0 Å². The molecule has 1 aromatic heterocycles. The maximum atomic E-state index is 12.9. The van der Waals surface area contributed by atoms with Crippen LogP contribution in [-0.2, 0) is 9.59 Å². The number of hydrogen-bond donors (Lipinski definition) is 1.